The summed E-state index contributed by atoms with van der Waals surface area (Å²) in [6.45, 7) is 11.7. The molecule has 0 aromatic carbocycles. The Morgan fingerprint density at radius 3 is 2.59 bits per heavy atom. The molecule has 0 atom stereocenters. The summed E-state index contributed by atoms with van der Waals surface area (Å²) in [5.74, 6) is 1.72. The van der Waals surface area contributed by atoms with Gasteiger partial charge in [-0.15, -0.1) is 11.3 Å². The van der Waals surface area contributed by atoms with Gasteiger partial charge >= 0.3 is 0 Å². The zero-order valence-electron chi connectivity index (χ0n) is 16.2. The highest BCUT2D eigenvalue weighted by Gasteiger charge is 2.18. The lowest BCUT2D eigenvalue weighted by molar-refractivity contribution is 0.260. The van der Waals surface area contributed by atoms with Crippen LogP contribution >= 0.6 is 11.3 Å². The standard InChI is InChI=1S/C19H29N7S/c1-3-20-18(24-15-17-6-5-16(2)27-17)21-9-10-25-11-13-26(14-12-25)19-22-7-4-8-23-19/h4-8H,3,9-15H2,1-2H3,(H2,20,21,24). The van der Waals surface area contributed by atoms with E-state index in [1.165, 1.54) is 9.75 Å². The van der Waals surface area contributed by atoms with Crippen LogP contribution in [0.25, 0.3) is 0 Å². The van der Waals surface area contributed by atoms with E-state index in [1.54, 1.807) is 23.7 Å². The number of aromatic nitrogens is 2. The Kier molecular flexibility index (Phi) is 7.41. The smallest absolute Gasteiger partial charge is 0.225 e. The van der Waals surface area contributed by atoms with E-state index in [9.17, 15) is 0 Å². The van der Waals surface area contributed by atoms with Crippen molar-refractivity contribution in [2.75, 3.05) is 50.7 Å². The number of aliphatic imine (C=N–C) groups is 1. The summed E-state index contributed by atoms with van der Waals surface area (Å²) in [5.41, 5.74) is 0. The quantitative estimate of drug-likeness (QED) is 0.557. The Bertz CT molecular complexity index is 708. The summed E-state index contributed by atoms with van der Waals surface area (Å²) < 4.78 is 0. The third-order valence-corrected chi connectivity index (χ3v) is 5.45. The predicted octanol–water partition coefficient (Wildman–Crippen LogP) is 1.72. The molecule has 7 nitrogen and oxygen atoms in total. The largest absolute Gasteiger partial charge is 0.357 e. The average molecular weight is 388 g/mol. The third kappa shape index (κ3) is 6.18. The normalized spacial score (nSPS) is 15.8. The molecule has 3 rings (SSSR count). The summed E-state index contributed by atoms with van der Waals surface area (Å²) in [5, 5.41) is 6.78. The van der Waals surface area contributed by atoms with Gasteiger partial charge in [0.2, 0.25) is 5.95 Å². The number of rotatable bonds is 7. The average Bonchev–Trinajstić information content (AvgIpc) is 3.12. The van der Waals surface area contributed by atoms with Crippen molar-refractivity contribution in [3.63, 3.8) is 0 Å². The van der Waals surface area contributed by atoms with Crippen molar-refractivity contribution >= 4 is 23.2 Å². The zero-order valence-corrected chi connectivity index (χ0v) is 17.0. The number of nitrogens with zero attached hydrogens (tertiary/aromatic N) is 5. The Labute approximate surface area is 165 Å². The van der Waals surface area contributed by atoms with Gasteiger partial charge in [0.25, 0.3) is 0 Å². The fourth-order valence-electron chi connectivity index (χ4n) is 3.03. The van der Waals surface area contributed by atoms with Crippen molar-refractivity contribution in [3.8, 4) is 0 Å². The van der Waals surface area contributed by atoms with E-state index in [4.69, 9.17) is 4.99 Å². The van der Waals surface area contributed by atoms with Gasteiger partial charge in [-0.2, -0.15) is 0 Å². The maximum atomic E-state index is 4.69. The third-order valence-electron chi connectivity index (χ3n) is 4.46. The van der Waals surface area contributed by atoms with Crippen LogP contribution in [0.1, 0.15) is 16.7 Å². The Morgan fingerprint density at radius 1 is 1.15 bits per heavy atom. The first-order valence-electron chi connectivity index (χ1n) is 9.56. The topological polar surface area (TPSA) is 68.7 Å². The van der Waals surface area contributed by atoms with E-state index >= 15 is 0 Å². The van der Waals surface area contributed by atoms with Crippen LogP contribution in [0.3, 0.4) is 0 Å². The lowest BCUT2D eigenvalue weighted by atomic mass is 10.3. The number of piperazine rings is 1. The Morgan fingerprint density at radius 2 is 1.93 bits per heavy atom. The highest BCUT2D eigenvalue weighted by molar-refractivity contribution is 7.11. The van der Waals surface area contributed by atoms with Gasteiger partial charge < -0.3 is 15.5 Å². The van der Waals surface area contributed by atoms with Crippen LogP contribution in [0.4, 0.5) is 5.95 Å². The number of aryl methyl sites for hydroxylation is 1. The van der Waals surface area contributed by atoms with Gasteiger partial charge in [0.05, 0.1) is 6.54 Å². The molecule has 1 saturated heterocycles. The molecule has 27 heavy (non-hydrogen) atoms. The molecular formula is C19H29N7S. The monoisotopic (exact) mass is 387 g/mol. The molecule has 8 heteroatoms. The van der Waals surface area contributed by atoms with Crippen molar-refractivity contribution in [2.24, 2.45) is 4.99 Å². The van der Waals surface area contributed by atoms with Crippen molar-refractivity contribution in [2.45, 2.75) is 20.4 Å². The first-order chi connectivity index (χ1) is 13.2. The first kappa shape index (κ1) is 19.6. The molecule has 2 aromatic heterocycles. The number of thiophene rings is 1. The number of anilines is 1. The van der Waals surface area contributed by atoms with E-state index in [2.05, 4.69) is 56.4 Å². The van der Waals surface area contributed by atoms with Crippen LogP contribution in [-0.4, -0.2) is 66.6 Å². The summed E-state index contributed by atoms with van der Waals surface area (Å²) >= 11 is 1.81. The van der Waals surface area contributed by atoms with E-state index in [-0.39, 0.29) is 0 Å². The lowest BCUT2D eigenvalue weighted by Gasteiger charge is -2.34. The molecule has 0 unspecified atom stereocenters. The van der Waals surface area contributed by atoms with Gasteiger partial charge in [0, 0.05) is 68.0 Å². The van der Waals surface area contributed by atoms with Gasteiger partial charge in [-0.1, -0.05) is 0 Å². The predicted molar refractivity (Wildman–Crippen MR) is 113 cm³/mol. The zero-order chi connectivity index (χ0) is 18.9. The summed E-state index contributed by atoms with van der Waals surface area (Å²) in [4.78, 5) is 20.7. The number of nitrogens with one attached hydrogen (secondary N) is 2. The minimum atomic E-state index is 0.726. The fraction of sp³-hybridized carbons (Fsp3) is 0.526. The van der Waals surface area contributed by atoms with Gasteiger partial charge in [-0.25, -0.2) is 15.0 Å². The van der Waals surface area contributed by atoms with Crippen LogP contribution < -0.4 is 15.5 Å². The molecule has 0 spiro atoms. The minimum absolute atomic E-state index is 0.726. The molecule has 0 amide bonds. The Balaban J connectivity index is 1.40. The lowest BCUT2D eigenvalue weighted by Crippen LogP contribution is -2.49. The van der Waals surface area contributed by atoms with Crippen molar-refractivity contribution in [3.05, 3.63) is 40.3 Å². The molecule has 3 heterocycles. The molecule has 2 aromatic rings. The summed E-state index contributed by atoms with van der Waals surface area (Å²) in [7, 11) is 0. The van der Waals surface area contributed by atoms with E-state index in [1.807, 2.05) is 6.07 Å². The van der Waals surface area contributed by atoms with Crippen molar-refractivity contribution in [1.29, 1.82) is 0 Å². The van der Waals surface area contributed by atoms with E-state index in [0.29, 0.717) is 0 Å². The number of hydrogen-bond acceptors (Lipinski definition) is 6. The van der Waals surface area contributed by atoms with Crippen molar-refractivity contribution < 1.29 is 0 Å². The Hall–Kier alpha value is -2.19. The molecule has 146 valence electrons. The SMILES string of the molecule is CCNC(=NCc1ccc(C)s1)NCCN1CCN(c2ncccn2)CC1. The highest BCUT2D eigenvalue weighted by atomic mass is 32.1. The molecule has 0 bridgehead atoms. The van der Waals surface area contributed by atoms with Crippen LogP contribution in [0.15, 0.2) is 35.6 Å². The fourth-order valence-corrected chi connectivity index (χ4v) is 3.84. The van der Waals surface area contributed by atoms with Crippen LogP contribution in [-0.2, 0) is 6.54 Å². The summed E-state index contributed by atoms with van der Waals surface area (Å²) in [6, 6.07) is 6.16. The molecule has 0 aliphatic carbocycles. The van der Waals surface area contributed by atoms with E-state index < -0.39 is 0 Å². The maximum absolute atomic E-state index is 4.69. The van der Waals surface area contributed by atoms with Crippen LogP contribution in [0, 0.1) is 6.92 Å². The molecule has 1 aliphatic heterocycles. The van der Waals surface area contributed by atoms with Gasteiger partial charge in [0.15, 0.2) is 5.96 Å². The minimum Gasteiger partial charge on any atom is -0.357 e. The van der Waals surface area contributed by atoms with Gasteiger partial charge in [-0.3, -0.25) is 4.90 Å². The number of guanidine groups is 1. The van der Waals surface area contributed by atoms with E-state index in [0.717, 1.165) is 64.3 Å². The number of hydrogen-bond donors (Lipinski definition) is 2. The van der Waals surface area contributed by atoms with Crippen molar-refractivity contribution in [1.82, 2.24) is 25.5 Å². The van der Waals surface area contributed by atoms with Gasteiger partial charge in [0.1, 0.15) is 0 Å². The molecule has 1 fully saturated rings. The molecule has 1 aliphatic rings. The molecular weight excluding hydrogens is 358 g/mol. The van der Waals surface area contributed by atoms with Crippen LogP contribution in [0.5, 0.6) is 0 Å². The second-order valence-electron chi connectivity index (χ2n) is 6.51. The molecule has 0 radical (unpaired) electrons. The highest BCUT2D eigenvalue weighted by Crippen LogP contribution is 2.15. The van der Waals surface area contributed by atoms with Gasteiger partial charge in [-0.05, 0) is 32.0 Å². The maximum Gasteiger partial charge on any atom is 0.225 e. The molecule has 2 N–H and O–H groups in total. The second kappa shape index (κ2) is 10.2. The first-order valence-corrected chi connectivity index (χ1v) is 10.4. The van der Waals surface area contributed by atoms with Crippen LogP contribution in [0.2, 0.25) is 0 Å². The second-order valence-corrected chi connectivity index (χ2v) is 7.88. The summed E-state index contributed by atoms with van der Waals surface area (Å²) in [6.07, 6.45) is 3.61. The molecule has 0 saturated carbocycles.